The van der Waals surface area contributed by atoms with Crippen LogP contribution in [0.15, 0.2) is 26.3 Å². The molecule has 0 saturated heterocycles. The van der Waals surface area contributed by atoms with Crippen molar-refractivity contribution in [1.82, 2.24) is 0 Å². The predicted molar refractivity (Wildman–Crippen MR) is 103 cm³/mol. The Balaban J connectivity index is -0.0000000921. The molecule has 3 N–H and O–H groups in total. The average molecular weight is 408 g/mol. The molecule has 0 aliphatic heterocycles. The van der Waals surface area contributed by atoms with Crippen LogP contribution in [-0.2, 0) is 33.4 Å². The molecule has 0 aliphatic carbocycles. The molecule has 28 heavy (non-hydrogen) atoms. The zero-order valence-corrected chi connectivity index (χ0v) is 16.8. The summed E-state index contributed by atoms with van der Waals surface area (Å²) in [6.07, 6.45) is 1.19. The van der Waals surface area contributed by atoms with Gasteiger partial charge in [-0.2, -0.15) is 0 Å². The molecule has 0 aromatic rings. The van der Waals surface area contributed by atoms with Crippen LogP contribution in [-0.4, -0.2) is 59.4 Å². The van der Waals surface area contributed by atoms with Gasteiger partial charge in [0.1, 0.15) is 0 Å². The Morgan fingerprint density at radius 1 is 0.643 bits per heavy atom. The van der Waals surface area contributed by atoms with E-state index in [1.165, 1.54) is 14.2 Å². The molecule has 0 aromatic heterocycles. The van der Waals surface area contributed by atoms with Crippen molar-refractivity contribution in [1.29, 1.82) is 0 Å². The van der Waals surface area contributed by atoms with E-state index in [2.05, 4.69) is 35.8 Å². The highest BCUT2D eigenvalue weighted by molar-refractivity contribution is 5.77. The number of carbonyl (C=O) groups excluding carboxylic acids is 2. The van der Waals surface area contributed by atoms with Gasteiger partial charge in [-0.15, -0.1) is 26.3 Å². The van der Waals surface area contributed by atoms with Gasteiger partial charge in [0.2, 0.25) is 0 Å². The number of aliphatic carboxylic acids is 3. The molecule has 0 amide bonds. The minimum Gasteiger partial charge on any atom is -0.481 e. The van der Waals surface area contributed by atoms with Crippen molar-refractivity contribution in [2.24, 2.45) is 0 Å². The van der Waals surface area contributed by atoms with E-state index >= 15 is 0 Å². The zero-order chi connectivity index (χ0) is 23.5. The molecule has 0 atom stereocenters. The summed E-state index contributed by atoms with van der Waals surface area (Å²) in [4.78, 5) is 49.6. The fourth-order valence-corrected chi connectivity index (χ4v) is 0.961. The second kappa shape index (κ2) is 31.6. The van der Waals surface area contributed by atoms with E-state index in [1.807, 2.05) is 0 Å². The summed E-state index contributed by atoms with van der Waals surface area (Å²) >= 11 is 0. The highest BCUT2D eigenvalue weighted by Gasteiger charge is 2.05. The Hall–Kier alpha value is -3.17. The number of carboxylic acid groups (broad SMARTS) is 3. The molecular weight excluding hydrogens is 376 g/mol. The van der Waals surface area contributed by atoms with E-state index in [4.69, 9.17) is 20.1 Å². The number of unbranched alkanes of at least 4 members (excludes halogenated alkanes) is 1. The molecule has 0 fully saturated rings. The fraction of sp³-hybridized carbons (Fsp3) is 0.500. The lowest BCUT2D eigenvalue weighted by Gasteiger charge is -1.96. The quantitative estimate of drug-likeness (QED) is 0.309. The maximum absolute atomic E-state index is 10.4. The molecule has 0 bridgehead atoms. The normalized spacial score (nSPS) is 7.54. The number of carbonyl (C=O) groups is 5. The lowest BCUT2D eigenvalue weighted by Crippen LogP contribution is -2.06. The van der Waals surface area contributed by atoms with Crippen LogP contribution in [0.5, 0.6) is 0 Å². The summed E-state index contributed by atoms with van der Waals surface area (Å²) in [6, 6.07) is 0. The standard InChI is InChI=1S/2C6H10O4.C2H4O2.2C2H4/c1-9-5(7)3-4-6(8)10-2;7-5(8)3-1-2-4-6(9)10;1-2(3)4;2*1-2/h3-4H2,1-2H3;1-4H2,(H,7,8)(H,9,10);1H3,(H,3,4);2*1-2H2. The Kier molecular flexibility index (Phi) is 40.4. The van der Waals surface area contributed by atoms with E-state index in [0.29, 0.717) is 12.8 Å². The number of rotatable bonds is 8. The first-order valence-electron chi connectivity index (χ1n) is 7.83. The number of methoxy groups -OCH3 is 2. The second-order valence-corrected chi connectivity index (χ2v) is 4.17. The Bertz CT molecular complexity index is 394. The smallest absolute Gasteiger partial charge is 0.306 e. The first-order valence-corrected chi connectivity index (χ1v) is 7.83. The number of ether oxygens (including phenoxy) is 2. The molecule has 10 heteroatoms. The fourth-order valence-electron chi connectivity index (χ4n) is 0.961. The highest BCUT2D eigenvalue weighted by atomic mass is 16.5. The molecule has 0 aliphatic rings. The Morgan fingerprint density at radius 3 is 1.00 bits per heavy atom. The van der Waals surface area contributed by atoms with Crippen molar-refractivity contribution in [2.75, 3.05) is 14.2 Å². The van der Waals surface area contributed by atoms with E-state index in [0.717, 1.165) is 6.92 Å². The van der Waals surface area contributed by atoms with Gasteiger partial charge in [0, 0.05) is 19.8 Å². The van der Waals surface area contributed by atoms with Gasteiger partial charge >= 0.3 is 23.9 Å². The molecule has 0 saturated carbocycles. The van der Waals surface area contributed by atoms with Crippen molar-refractivity contribution in [3.8, 4) is 0 Å². The molecule has 10 nitrogen and oxygen atoms in total. The molecule has 0 unspecified atom stereocenters. The van der Waals surface area contributed by atoms with Crippen LogP contribution in [0.2, 0.25) is 0 Å². The van der Waals surface area contributed by atoms with Crippen molar-refractivity contribution in [3.63, 3.8) is 0 Å². The van der Waals surface area contributed by atoms with E-state index in [-0.39, 0.29) is 25.7 Å². The summed E-state index contributed by atoms with van der Waals surface area (Å²) in [6.45, 7) is 13.1. The van der Waals surface area contributed by atoms with Crippen LogP contribution in [0.4, 0.5) is 0 Å². The molecule has 0 spiro atoms. The third kappa shape index (κ3) is 66.1. The molecule has 164 valence electrons. The largest absolute Gasteiger partial charge is 0.481 e. The van der Waals surface area contributed by atoms with Gasteiger partial charge in [-0.05, 0) is 12.8 Å². The minimum absolute atomic E-state index is 0.0628. The maximum atomic E-state index is 10.4. The lowest BCUT2D eigenvalue weighted by atomic mass is 10.2. The summed E-state index contributed by atoms with van der Waals surface area (Å²) in [7, 11) is 2.55. The highest BCUT2D eigenvalue weighted by Crippen LogP contribution is 1.98. The summed E-state index contributed by atoms with van der Waals surface area (Å²) in [5.74, 6) is -3.37. The van der Waals surface area contributed by atoms with Gasteiger partial charge in [-0.25, -0.2) is 0 Å². The van der Waals surface area contributed by atoms with Crippen LogP contribution in [0.25, 0.3) is 0 Å². The first kappa shape index (κ1) is 35.9. The summed E-state index contributed by atoms with van der Waals surface area (Å²) in [5.41, 5.74) is 0. The van der Waals surface area contributed by atoms with Crippen LogP contribution in [0.1, 0.15) is 45.4 Å². The van der Waals surface area contributed by atoms with Crippen LogP contribution >= 0.6 is 0 Å². The van der Waals surface area contributed by atoms with Crippen molar-refractivity contribution >= 4 is 29.8 Å². The SMILES string of the molecule is C=C.C=C.CC(=O)O.COC(=O)CCC(=O)OC.O=C(O)CCCCC(=O)O. The predicted octanol–water partition coefficient (Wildman–Crippen LogP) is 2.52. The van der Waals surface area contributed by atoms with Gasteiger partial charge < -0.3 is 24.8 Å². The Morgan fingerprint density at radius 2 is 0.857 bits per heavy atom. The van der Waals surface area contributed by atoms with Crippen molar-refractivity contribution in [3.05, 3.63) is 26.3 Å². The van der Waals surface area contributed by atoms with E-state index < -0.39 is 29.8 Å². The molecule has 0 aromatic carbocycles. The topological polar surface area (TPSA) is 164 Å². The van der Waals surface area contributed by atoms with Gasteiger partial charge in [-0.3, -0.25) is 24.0 Å². The van der Waals surface area contributed by atoms with Gasteiger partial charge in [0.25, 0.3) is 5.97 Å². The summed E-state index contributed by atoms with van der Waals surface area (Å²) < 4.78 is 8.60. The molecular formula is C18H32O10. The van der Waals surface area contributed by atoms with E-state index in [1.54, 1.807) is 0 Å². The lowest BCUT2D eigenvalue weighted by molar-refractivity contribution is -0.147. The second-order valence-electron chi connectivity index (χ2n) is 4.17. The van der Waals surface area contributed by atoms with Crippen LogP contribution < -0.4 is 0 Å². The minimum atomic E-state index is -0.870. The maximum Gasteiger partial charge on any atom is 0.306 e. The van der Waals surface area contributed by atoms with Crippen LogP contribution in [0.3, 0.4) is 0 Å². The number of hydrogen-bond donors (Lipinski definition) is 3. The van der Waals surface area contributed by atoms with Crippen molar-refractivity contribution < 1.29 is 48.8 Å². The first-order chi connectivity index (χ1) is 13.1. The van der Waals surface area contributed by atoms with Gasteiger partial charge in [-0.1, -0.05) is 0 Å². The summed E-state index contributed by atoms with van der Waals surface area (Å²) in [5, 5.41) is 23.7. The molecule has 0 heterocycles. The molecule has 0 radical (unpaired) electrons. The third-order valence-electron chi connectivity index (χ3n) is 2.02. The Labute approximate surface area is 165 Å². The van der Waals surface area contributed by atoms with Gasteiger partial charge in [0.15, 0.2) is 0 Å². The van der Waals surface area contributed by atoms with Gasteiger partial charge in [0.05, 0.1) is 27.1 Å². The number of carboxylic acids is 3. The van der Waals surface area contributed by atoms with E-state index in [9.17, 15) is 19.2 Å². The zero-order valence-electron chi connectivity index (χ0n) is 16.8. The number of esters is 2. The molecule has 0 rings (SSSR count). The van der Waals surface area contributed by atoms with Crippen molar-refractivity contribution in [2.45, 2.75) is 45.4 Å². The van der Waals surface area contributed by atoms with Crippen LogP contribution in [0, 0.1) is 0 Å². The monoisotopic (exact) mass is 408 g/mol. The third-order valence-corrected chi connectivity index (χ3v) is 2.02. The average Bonchev–Trinajstić information content (AvgIpc) is 2.66. The number of hydrogen-bond acceptors (Lipinski definition) is 7.